The average molecular weight is 344 g/mol. The molecule has 2 aliphatic heterocycles. The van der Waals surface area contributed by atoms with Gasteiger partial charge in [0.1, 0.15) is 6.04 Å². The Morgan fingerprint density at radius 2 is 1.96 bits per heavy atom. The van der Waals surface area contributed by atoms with E-state index < -0.39 is 17.9 Å². The minimum atomic E-state index is -0.953. The maximum absolute atomic E-state index is 12.8. The van der Waals surface area contributed by atoms with Crippen LogP contribution in [0.1, 0.15) is 31.7 Å². The van der Waals surface area contributed by atoms with Crippen molar-refractivity contribution in [3.05, 3.63) is 35.9 Å². The first-order chi connectivity index (χ1) is 12.0. The lowest BCUT2D eigenvalue weighted by molar-refractivity contribution is -0.154. The minimum Gasteiger partial charge on any atom is -0.480 e. The zero-order chi connectivity index (χ0) is 18.0. The van der Waals surface area contributed by atoms with Gasteiger partial charge in [-0.05, 0) is 24.3 Å². The topological polar surface area (TPSA) is 77.9 Å². The van der Waals surface area contributed by atoms with E-state index in [0.29, 0.717) is 32.0 Å². The van der Waals surface area contributed by atoms with E-state index in [9.17, 15) is 19.5 Å². The van der Waals surface area contributed by atoms with Crippen molar-refractivity contribution in [2.24, 2.45) is 11.8 Å². The first kappa shape index (κ1) is 17.5. The lowest BCUT2D eigenvalue weighted by atomic mass is 9.91. The summed E-state index contributed by atoms with van der Waals surface area (Å²) < 4.78 is 0. The van der Waals surface area contributed by atoms with Crippen LogP contribution < -0.4 is 0 Å². The second-order valence-electron chi connectivity index (χ2n) is 7.18. The molecule has 2 fully saturated rings. The van der Waals surface area contributed by atoms with Crippen LogP contribution in [0.15, 0.2) is 30.3 Å². The van der Waals surface area contributed by atoms with Crippen molar-refractivity contribution in [3.8, 4) is 0 Å². The van der Waals surface area contributed by atoms with Gasteiger partial charge in [-0.2, -0.15) is 0 Å². The van der Waals surface area contributed by atoms with E-state index >= 15 is 0 Å². The SMILES string of the molecule is CC1CCN(C(=O)C2CC(=O)N(Cc3ccccc3)C2)C(C(=O)O)C1. The maximum Gasteiger partial charge on any atom is 0.326 e. The Kier molecular flexibility index (Phi) is 5.06. The second kappa shape index (κ2) is 7.25. The fourth-order valence-electron chi connectivity index (χ4n) is 3.77. The molecule has 0 bridgehead atoms. The maximum atomic E-state index is 12.8. The van der Waals surface area contributed by atoms with Crippen molar-refractivity contribution in [3.63, 3.8) is 0 Å². The Morgan fingerprint density at radius 3 is 2.64 bits per heavy atom. The molecule has 1 N–H and O–H groups in total. The number of hydrogen-bond donors (Lipinski definition) is 1. The van der Waals surface area contributed by atoms with Gasteiger partial charge in [-0.1, -0.05) is 37.3 Å². The van der Waals surface area contributed by atoms with Crippen LogP contribution in [0.2, 0.25) is 0 Å². The molecule has 0 saturated carbocycles. The van der Waals surface area contributed by atoms with Gasteiger partial charge in [-0.3, -0.25) is 9.59 Å². The third-order valence-corrected chi connectivity index (χ3v) is 5.21. The van der Waals surface area contributed by atoms with E-state index in [1.54, 1.807) is 4.90 Å². The summed E-state index contributed by atoms with van der Waals surface area (Å²) in [7, 11) is 0. The molecule has 3 rings (SSSR count). The summed E-state index contributed by atoms with van der Waals surface area (Å²) in [5.41, 5.74) is 1.03. The molecule has 3 unspecified atom stereocenters. The highest BCUT2D eigenvalue weighted by Gasteiger charge is 2.41. The summed E-state index contributed by atoms with van der Waals surface area (Å²) in [4.78, 5) is 39.8. The Morgan fingerprint density at radius 1 is 1.24 bits per heavy atom. The van der Waals surface area contributed by atoms with Gasteiger partial charge in [0.2, 0.25) is 11.8 Å². The Bertz CT molecular complexity index is 661. The molecule has 1 aromatic rings. The largest absolute Gasteiger partial charge is 0.480 e. The van der Waals surface area contributed by atoms with E-state index in [0.717, 1.165) is 12.0 Å². The molecule has 6 heteroatoms. The van der Waals surface area contributed by atoms with E-state index in [1.165, 1.54) is 4.90 Å². The number of piperidine rings is 1. The number of carbonyl (C=O) groups excluding carboxylic acids is 2. The van der Waals surface area contributed by atoms with Crippen LogP contribution in [0, 0.1) is 11.8 Å². The van der Waals surface area contributed by atoms with Crippen LogP contribution in [-0.2, 0) is 20.9 Å². The normalized spacial score (nSPS) is 26.8. The van der Waals surface area contributed by atoms with Crippen LogP contribution in [0.4, 0.5) is 0 Å². The molecule has 25 heavy (non-hydrogen) atoms. The van der Waals surface area contributed by atoms with Gasteiger partial charge >= 0.3 is 5.97 Å². The Labute approximate surface area is 147 Å². The lowest BCUT2D eigenvalue weighted by Gasteiger charge is -2.37. The van der Waals surface area contributed by atoms with Gasteiger partial charge in [0, 0.05) is 26.1 Å². The molecule has 2 aliphatic rings. The van der Waals surface area contributed by atoms with Crippen LogP contribution >= 0.6 is 0 Å². The predicted octanol–water partition coefficient (Wildman–Crippen LogP) is 1.75. The van der Waals surface area contributed by atoms with Gasteiger partial charge < -0.3 is 14.9 Å². The Balaban J connectivity index is 1.66. The number of hydrogen-bond acceptors (Lipinski definition) is 3. The van der Waals surface area contributed by atoms with E-state index in [-0.39, 0.29) is 18.2 Å². The highest BCUT2D eigenvalue weighted by atomic mass is 16.4. The van der Waals surface area contributed by atoms with E-state index in [4.69, 9.17) is 0 Å². The highest BCUT2D eigenvalue weighted by Crippen LogP contribution is 2.28. The molecule has 0 aromatic heterocycles. The second-order valence-corrected chi connectivity index (χ2v) is 7.18. The molecule has 0 aliphatic carbocycles. The molecule has 2 heterocycles. The molecule has 3 atom stereocenters. The molecular formula is C19H24N2O4. The quantitative estimate of drug-likeness (QED) is 0.903. The highest BCUT2D eigenvalue weighted by molar-refractivity contribution is 5.91. The summed E-state index contributed by atoms with van der Waals surface area (Å²) in [6.45, 7) is 3.33. The minimum absolute atomic E-state index is 0.0422. The zero-order valence-electron chi connectivity index (χ0n) is 14.4. The number of likely N-dealkylation sites (tertiary alicyclic amines) is 2. The number of aliphatic carboxylic acids is 1. The number of carboxylic acids is 1. The van der Waals surface area contributed by atoms with Gasteiger partial charge in [-0.15, -0.1) is 0 Å². The standard InChI is InChI=1S/C19H24N2O4/c1-13-7-8-21(16(9-13)19(24)25)18(23)15-10-17(22)20(12-15)11-14-5-3-2-4-6-14/h2-6,13,15-16H,7-12H2,1H3,(H,24,25). The first-order valence-electron chi connectivity index (χ1n) is 8.80. The van der Waals surface area contributed by atoms with Crippen molar-refractivity contribution in [2.45, 2.75) is 38.8 Å². The summed E-state index contributed by atoms with van der Waals surface area (Å²) >= 11 is 0. The van der Waals surface area contributed by atoms with Crippen LogP contribution in [0.5, 0.6) is 0 Å². The van der Waals surface area contributed by atoms with Crippen molar-refractivity contribution in [1.82, 2.24) is 9.80 Å². The van der Waals surface area contributed by atoms with Crippen molar-refractivity contribution in [1.29, 1.82) is 0 Å². The Hall–Kier alpha value is -2.37. The molecule has 2 saturated heterocycles. The lowest BCUT2D eigenvalue weighted by Crippen LogP contribution is -2.52. The number of carbonyl (C=O) groups is 3. The average Bonchev–Trinajstić information content (AvgIpc) is 2.96. The summed E-state index contributed by atoms with van der Waals surface area (Å²) in [5.74, 6) is -1.33. The van der Waals surface area contributed by atoms with Crippen LogP contribution in [-0.4, -0.2) is 51.8 Å². The molecule has 6 nitrogen and oxygen atoms in total. The molecule has 134 valence electrons. The molecule has 1 aromatic carbocycles. The fraction of sp³-hybridized carbons (Fsp3) is 0.526. The summed E-state index contributed by atoms with van der Waals surface area (Å²) in [5, 5.41) is 9.45. The number of nitrogens with zero attached hydrogens (tertiary/aromatic N) is 2. The monoisotopic (exact) mass is 344 g/mol. The first-order valence-corrected chi connectivity index (χ1v) is 8.80. The number of rotatable bonds is 4. The van der Waals surface area contributed by atoms with Crippen molar-refractivity contribution >= 4 is 17.8 Å². The summed E-state index contributed by atoms with van der Waals surface area (Å²) in [6.07, 6.45) is 1.46. The third-order valence-electron chi connectivity index (χ3n) is 5.21. The van der Waals surface area contributed by atoms with Gasteiger partial charge in [-0.25, -0.2) is 4.79 Å². The summed E-state index contributed by atoms with van der Waals surface area (Å²) in [6, 6.07) is 8.90. The molecule has 2 amide bonds. The number of benzene rings is 1. The molecule has 0 spiro atoms. The van der Waals surface area contributed by atoms with Gasteiger partial charge in [0.25, 0.3) is 0 Å². The van der Waals surface area contributed by atoms with Gasteiger partial charge in [0.05, 0.1) is 5.92 Å². The van der Waals surface area contributed by atoms with Crippen LogP contribution in [0.3, 0.4) is 0 Å². The molecule has 0 radical (unpaired) electrons. The number of carboxylic acid groups (broad SMARTS) is 1. The zero-order valence-corrected chi connectivity index (χ0v) is 14.4. The number of amides is 2. The van der Waals surface area contributed by atoms with Crippen molar-refractivity contribution < 1.29 is 19.5 Å². The molecular weight excluding hydrogens is 320 g/mol. The fourth-order valence-corrected chi connectivity index (χ4v) is 3.77. The van der Waals surface area contributed by atoms with Gasteiger partial charge in [0.15, 0.2) is 0 Å². The predicted molar refractivity (Wildman–Crippen MR) is 91.5 cm³/mol. The third kappa shape index (κ3) is 3.83. The van der Waals surface area contributed by atoms with E-state index in [1.807, 2.05) is 37.3 Å². The van der Waals surface area contributed by atoms with Crippen LogP contribution in [0.25, 0.3) is 0 Å². The van der Waals surface area contributed by atoms with Crippen molar-refractivity contribution in [2.75, 3.05) is 13.1 Å². The van der Waals surface area contributed by atoms with E-state index in [2.05, 4.69) is 0 Å². The smallest absolute Gasteiger partial charge is 0.326 e.